The Morgan fingerprint density at radius 2 is 1.55 bits per heavy atom. The Balaban J connectivity index is 1.44. The Labute approximate surface area is 193 Å². The van der Waals surface area contributed by atoms with Crippen LogP contribution in [0.4, 0.5) is 5.69 Å². The largest absolute Gasteiger partial charge is 0.271 e. The van der Waals surface area contributed by atoms with Gasteiger partial charge in [-0.25, -0.2) is 13.8 Å². The van der Waals surface area contributed by atoms with Gasteiger partial charge in [0.25, 0.3) is 5.91 Å². The summed E-state index contributed by atoms with van der Waals surface area (Å²) in [5.74, 6) is -0.346. The van der Waals surface area contributed by atoms with Gasteiger partial charge in [-0.2, -0.15) is 5.10 Å². The normalized spacial score (nSPS) is 11.5. The molecule has 0 saturated carbocycles. The molecule has 0 heterocycles. The number of hydrogen-bond donors (Lipinski definition) is 1. The van der Waals surface area contributed by atoms with E-state index in [-0.39, 0.29) is 12.5 Å². The molecule has 166 valence electrons. The summed E-state index contributed by atoms with van der Waals surface area (Å²) in [5.41, 5.74) is 5.24. The molecule has 0 atom stereocenters. The Morgan fingerprint density at radius 1 is 0.879 bits per heavy atom. The van der Waals surface area contributed by atoms with Gasteiger partial charge in [0.2, 0.25) is 10.0 Å². The van der Waals surface area contributed by atoms with Crippen LogP contribution in [0.1, 0.15) is 21.5 Å². The number of nitrogens with one attached hydrogen (secondary N) is 1. The van der Waals surface area contributed by atoms with Crippen molar-refractivity contribution in [3.05, 3.63) is 114 Å². The molecule has 7 heteroatoms. The van der Waals surface area contributed by atoms with Crippen LogP contribution in [0.25, 0.3) is 10.8 Å². The zero-order valence-electron chi connectivity index (χ0n) is 18.0. The first-order valence-electron chi connectivity index (χ1n) is 10.3. The number of sulfonamides is 1. The molecule has 0 radical (unpaired) electrons. The number of fused-ring (bicyclic) bond motifs is 1. The lowest BCUT2D eigenvalue weighted by molar-refractivity contribution is 0.0955. The van der Waals surface area contributed by atoms with Gasteiger partial charge in [0, 0.05) is 11.1 Å². The van der Waals surface area contributed by atoms with Gasteiger partial charge in [-0.05, 0) is 40.6 Å². The third kappa shape index (κ3) is 5.45. The summed E-state index contributed by atoms with van der Waals surface area (Å²) in [7, 11) is -3.46. The van der Waals surface area contributed by atoms with E-state index in [0.29, 0.717) is 11.3 Å². The summed E-state index contributed by atoms with van der Waals surface area (Å²) in [6.07, 6.45) is 2.80. The van der Waals surface area contributed by atoms with E-state index in [9.17, 15) is 13.2 Å². The summed E-state index contributed by atoms with van der Waals surface area (Å²) in [6, 6.07) is 29.6. The van der Waals surface area contributed by atoms with Gasteiger partial charge in [-0.1, -0.05) is 72.8 Å². The lowest BCUT2D eigenvalue weighted by atomic mass is 10.1. The Kier molecular flexibility index (Phi) is 6.51. The second kappa shape index (κ2) is 9.67. The molecular formula is C26H23N3O3S. The number of hydrazone groups is 1. The topological polar surface area (TPSA) is 78.8 Å². The van der Waals surface area contributed by atoms with Crippen molar-refractivity contribution in [2.45, 2.75) is 6.54 Å². The number of carbonyl (C=O) groups excluding carboxylic acids is 1. The van der Waals surface area contributed by atoms with Crippen LogP contribution in [0, 0.1) is 0 Å². The van der Waals surface area contributed by atoms with E-state index in [2.05, 4.69) is 10.5 Å². The highest BCUT2D eigenvalue weighted by Crippen LogP contribution is 2.20. The first-order valence-corrected chi connectivity index (χ1v) is 12.2. The standard InChI is InChI=1S/C26H23N3O3S/c1-33(31,32)29(24-11-3-2-4-12-24)19-20-14-16-22(17-15-20)26(30)28-27-18-23-10-7-9-21-8-5-6-13-25(21)23/h2-18H,19H2,1H3,(H,28,30). The second-order valence-corrected chi connectivity index (χ2v) is 9.48. The quantitative estimate of drug-likeness (QED) is 0.326. The Hall–Kier alpha value is -3.97. The SMILES string of the molecule is CS(=O)(=O)N(Cc1ccc(C(=O)NN=Cc2cccc3ccccc23)cc1)c1ccccc1. The zero-order valence-corrected chi connectivity index (χ0v) is 18.9. The fourth-order valence-electron chi connectivity index (χ4n) is 3.51. The maximum Gasteiger partial charge on any atom is 0.271 e. The van der Waals surface area contributed by atoms with Gasteiger partial charge < -0.3 is 0 Å². The van der Waals surface area contributed by atoms with Crippen LogP contribution in [0.3, 0.4) is 0 Å². The molecule has 0 fully saturated rings. The first-order chi connectivity index (χ1) is 15.9. The average Bonchev–Trinajstić information content (AvgIpc) is 2.83. The zero-order chi connectivity index (χ0) is 23.3. The maximum atomic E-state index is 12.5. The molecule has 4 rings (SSSR count). The molecule has 0 aromatic heterocycles. The van der Waals surface area contributed by atoms with Gasteiger partial charge in [0.05, 0.1) is 24.7 Å². The van der Waals surface area contributed by atoms with Crippen molar-refractivity contribution in [3.8, 4) is 0 Å². The molecule has 0 bridgehead atoms. The highest BCUT2D eigenvalue weighted by Gasteiger charge is 2.17. The summed E-state index contributed by atoms with van der Waals surface area (Å²) in [6.45, 7) is 0.171. The van der Waals surface area contributed by atoms with Crippen molar-refractivity contribution < 1.29 is 13.2 Å². The maximum absolute atomic E-state index is 12.5. The van der Waals surface area contributed by atoms with Crippen molar-refractivity contribution >= 4 is 38.6 Å². The molecular weight excluding hydrogens is 434 g/mol. The van der Waals surface area contributed by atoms with Crippen LogP contribution >= 0.6 is 0 Å². The highest BCUT2D eigenvalue weighted by atomic mass is 32.2. The van der Waals surface area contributed by atoms with Crippen molar-refractivity contribution in [3.63, 3.8) is 0 Å². The fourth-order valence-corrected chi connectivity index (χ4v) is 4.40. The minimum absolute atomic E-state index is 0.171. The molecule has 0 aliphatic rings. The molecule has 0 unspecified atom stereocenters. The van der Waals surface area contributed by atoms with Crippen molar-refractivity contribution in [1.82, 2.24) is 5.43 Å². The average molecular weight is 458 g/mol. The number of para-hydroxylation sites is 1. The molecule has 1 amide bonds. The molecule has 4 aromatic rings. The first kappa shape index (κ1) is 22.2. The second-order valence-electron chi connectivity index (χ2n) is 7.57. The number of hydrogen-bond acceptors (Lipinski definition) is 4. The minimum atomic E-state index is -3.46. The lowest BCUT2D eigenvalue weighted by Gasteiger charge is -2.22. The van der Waals surface area contributed by atoms with Crippen molar-refractivity contribution in [2.24, 2.45) is 5.10 Å². The monoisotopic (exact) mass is 457 g/mol. The molecule has 1 N–H and O–H groups in total. The summed E-state index contributed by atoms with van der Waals surface area (Å²) < 4.78 is 25.9. The number of carbonyl (C=O) groups is 1. The molecule has 0 aliphatic heterocycles. The van der Waals surface area contributed by atoms with Gasteiger partial charge in [0.15, 0.2) is 0 Å². The Morgan fingerprint density at radius 3 is 2.27 bits per heavy atom. The molecule has 33 heavy (non-hydrogen) atoms. The predicted molar refractivity (Wildman–Crippen MR) is 133 cm³/mol. The van der Waals surface area contributed by atoms with E-state index in [1.807, 2.05) is 48.5 Å². The predicted octanol–water partition coefficient (Wildman–Crippen LogP) is 4.57. The molecule has 0 spiro atoms. The lowest BCUT2D eigenvalue weighted by Crippen LogP contribution is -2.29. The third-order valence-electron chi connectivity index (χ3n) is 5.18. The van der Waals surface area contributed by atoms with Gasteiger partial charge in [0.1, 0.15) is 0 Å². The van der Waals surface area contributed by atoms with Crippen LogP contribution < -0.4 is 9.73 Å². The van der Waals surface area contributed by atoms with Gasteiger partial charge in [-0.15, -0.1) is 0 Å². The van der Waals surface area contributed by atoms with E-state index in [4.69, 9.17) is 0 Å². The van der Waals surface area contributed by atoms with Crippen LogP contribution in [0.15, 0.2) is 102 Å². The van der Waals surface area contributed by atoms with Crippen molar-refractivity contribution in [2.75, 3.05) is 10.6 Å². The Bertz CT molecular complexity index is 1390. The van der Waals surface area contributed by atoms with E-state index in [0.717, 1.165) is 21.9 Å². The van der Waals surface area contributed by atoms with Gasteiger partial charge in [-0.3, -0.25) is 9.10 Å². The molecule has 4 aromatic carbocycles. The minimum Gasteiger partial charge on any atom is -0.267 e. The third-order valence-corrected chi connectivity index (χ3v) is 6.32. The summed E-state index contributed by atoms with van der Waals surface area (Å²) in [5, 5.41) is 6.25. The van der Waals surface area contributed by atoms with E-state index in [1.54, 1.807) is 54.7 Å². The summed E-state index contributed by atoms with van der Waals surface area (Å²) in [4.78, 5) is 12.5. The van der Waals surface area contributed by atoms with Gasteiger partial charge >= 0.3 is 0 Å². The number of nitrogens with zero attached hydrogens (tertiary/aromatic N) is 2. The number of amides is 1. The van der Waals surface area contributed by atoms with Crippen LogP contribution in [-0.2, 0) is 16.6 Å². The fraction of sp³-hybridized carbons (Fsp3) is 0.0769. The van der Waals surface area contributed by atoms with E-state index in [1.165, 1.54) is 10.6 Å². The van der Waals surface area contributed by atoms with E-state index < -0.39 is 10.0 Å². The number of benzene rings is 4. The van der Waals surface area contributed by atoms with Crippen molar-refractivity contribution in [1.29, 1.82) is 0 Å². The highest BCUT2D eigenvalue weighted by molar-refractivity contribution is 7.92. The molecule has 6 nitrogen and oxygen atoms in total. The van der Waals surface area contributed by atoms with Crippen LogP contribution in [-0.4, -0.2) is 26.8 Å². The molecule has 0 aliphatic carbocycles. The van der Waals surface area contributed by atoms with Crippen LogP contribution in [0.2, 0.25) is 0 Å². The number of rotatable bonds is 7. The smallest absolute Gasteiger partial charge is 0.267 e. The molecule has 0 saturated heterocycles. The summed E-state index contributed by atoms with van der Waals surface area (Å²) >= 11 is 0. The van der Waals surface area contributed by atoms with Crippen LogP contribution in [0.5, 0.6) is 0 Å². The van der Waals surface area contributed by atoms with E-state index >= 15 is 0 Å². The number of anilines is 1.